The zero-order valence-corrected chi connectivity index (χ0v) is 8.55. The van der Waals surface area contributed by atoms with Crippen LogP contribution in [0.1, 0.15) is 54.4 Å². The molecule has 0 aromatic carbocycles. The molecule has 15 heavy (non-hydrogen) atoms. The van der Waals surface area contributed by atoms with Crippen LogP contribution in [-0.4, -0.2) is 16.1 Å². The summed E-state index contributed by atoms with van der Waals surface area (Å²) in [5.74, 6) is -1.27. The third kappa shape index (κ3) is 2.34. The molecule has 2 N–H and O–H groups in total. The van der Waals surface area contributed by atoms with Gasteiger partial charge in [0.2, 0.25) is 0 Å². The third-order valence-electron chi connectivity index (χ3n) is 2.46. The largest absolute Gasteiger partial charge is 0.478 e. The lowest BCUT2D eigenvalue weighted by atomic mass is 10.1. The first-order valence-corrected chi connectivity index (χ1v) is 4.71. The number of carbonyl (C=O) groups is 1. The summed E-state index contributed by atoms with van der Waals surface area (Å²) in [6.07, 6.45) is -2.02. The second kappa shape index (κ2) is 4.42. The van der Waals surface area contributed by atoms with Crippen molar-refractivity contribution in [2.45, 2.75) is 32.6 Å². The van der Waals surface area contributed by atoms with Gasteiger partial charge in [0.15, 0.2) is 0 Å². The van der Waals surface area contributed by atoms with Crippen molar-refractivity contribution >= 4 is 5.97 Å². The monoisotopic (exact) mass is 217 g/mol. The number of aromatic nitrogens is 1. The minimum atomic E-state index is -2.78. The zero-order chi connectivity index (χ0) is 11.6. The predicted molar refractivity (Wildman–Crippen MR) is 51.4 cm³/mol. The molecule has 1 aromatic rings. The number of alkyl halides is 2. The first-order valence-electron chi connectivity index (χ1n) is 4.71. The molecule has 0 saturated heterocycles. The summed E-state index contributed by atoms with van der Waals surface area (Å²) in [4.78, 5) is 13.2. The molecule has 1 atom stereocenters. The smallest absolute Gasteiger partial charge is 0.337 e. The van der Waals surface area contributed by atoms with E-state index in [-0.39, 0.29) is 11.5 Å². The minimum Gasteiger partial charge on any atom is -0.478 e. The molecule has 0 aliphatic carbocycles. The molecule has 84 valence electrons. The summed E-state index contributed by atoms with van der Waals surface area (Å²) in [5, 5.41) is 8.73. The van der Waals surface area contributed by atoms with Gasteiger partial charge in [0.1, 0.15) is 0 Å². The number of rotatable bonds is 4. The van der Waals surface area contributed by atoms with Crippen LogP contribution < -0.4 is 0 Å². The Bertz CT molecular complexity index is 360. The summed E-state index contributed by atoms with van der Waals surface area (Å²) in [5.41, 5.74) is -0.289. The standard InChI is InChI=1S/C10H13F2NO2/c1-3-5(2)7-4-6(10(14)15)8(13-7)9(11)12/h4-5,9,13H,3H2,1-2H3,(H,14,15). The predicted octanol–water partition coefficient (Wildman–Crippen LogP) is 3.16. The normalized spacial score (nSPS) is 13.1. The molecule has 0 bridgehead atoms. The lowest BCUT2D eigenvalue weighted by Gasteiger charge is -2.04. The van der Waals surface area contributed by atoms with E-state index in [1.807, 2.05) is 13.8 Å². The first kappa shape index (κ1) is 11.7. The minimum absolute atomic E-state index is 0.0515. The number of nitrogens with one attached hydrogen (secondary N) is 1. The van der Waals surface area contributed by atoms with Crippen LogP contribution in [0.15, 0.2) is 6.07 Å². The highest BCUT2D eigenvalue weighted by atomic mass is 19.3. The number of hydrogen-bond donors (Lipinski definition) is 2. The highest BCUT2D eigenvalue weighted by molar-refractivity contribution is 5.89. The molecule has 1 heterocycles. The molecule has 0 fully saturated rings. The summed E-state index contributed by atoms with van der Waals surface area (Å²) in [6.45, 7) is 3.76. The molecular formula is C10H13F2NO2. The van der Waals surface area contributed by atoms with Gasteiger partial charge in [-0.25, -0.2) is 13.6 Å². The molecule has 0 spiro atoms. The fourth-order valence-electron chi connectivity index (χ4n) is 1.33. The summed E-state index contributed by atoms with van der Waals surface area (Å²) in [7, 11) is 0. The van der Waals surface area contributed by atoms with Gasteiger partial charge in [-0.15, -0.1) is 0 Å². The van der Waals surface area contributed by atoms with Crippen molar-refractivity contribution in [1.82, 2.24) is 4.98 Å². The van der Waals surface area contributed by atoms with Crippen molar-refractivity contribution in [3.8, 4) is 0 Å². The van der Waals surface area contributed by atoms with Gasteiger partial charge in [0.25, 0.3) is 6.43 Å². The lowest BCUT2D eigenvalue weighted by molar-refractivity contribution is 0.0684. The quantitative estimate of drug-likeness (QED) is 0.813. The average Bonchev–Trinajstić information content (AvgIpc) is 2.61. The molecule has 0 aliphatic rings. The van der Waals surface area contributed by atoms with Crippen molar-refractivity contribution < 1.29 is 18.7 Å². The molecule has 0 radical (unpaired) electrons. The Morgan fingerprint density at radius 2 is 2.20 bits per heavy atom. The number of aromatic carboxylic acids is 1. The molecule has 1 rings (SSSR count). The van der Waals surface area contributed by atoms with E-state index in [1.165, 1.54) is 6.07 Å². The van der Waals surface area contributed by atoms with Crippen LogP contribution >= 0.6 is 0 Å². The summed E-state index contributed by atoms with van der Waals surface area (Å²) >= 11 is 0. The van der Waals surface area contributed by atoms with Crippen LogP contribution in [-0.2, 0) is 0 Å². The van der Waals surface area contributed by atoms with Gasteiger partial charge >= 0.3 is 5.97 Å². The fourth-order valence-corrected chi connectivity index (χ4v) is 1.33. The molecular weight excluding hydrogens is 204 g/mol. The van der Waals surface area contributed by atoms with E-state index in [1.54, 1.807) is 0 Å². The van der Waals surface area contributed by atoms with Crippen LogP contribution in [0.5, 0.6) is 0 Å². The molecule has 0 aliphatic heterocycles. The van der Waals surface area contributed by atoms with Crippen molar-refractivity contribution in [3.05, 3.63) is 23.0 Å². The molecule has 1 aromatic heterocycles. The van der Waals surface area contributed by atoms with Gasteiger partial charge in [-0.3, -0.25) is 0 Å². The summed E-state index contributed by atoms with van der Waals surface area (Å²) in [6, 6.07) is 1.29. The number of halogens is 2. The van der Waals surface area contributed by atoms with Gasteiger partial charge in [0, 0.05) is 5.69 Å². The maximum atomic E-state index is 12.5. The topological polar surface area (TPSA) is 53.1 Å². The van der Waals surface area contributed by atoms with E-state index >= 15 is 0 Å². The molecule has 5 heteroatoms. The summed E-state index contributed by atoms with van der Waals surface area (Å²) < 4.78 is 24.9. The van der Waals surface area contributed by atoms with E-state index in [9.17, 15) is 13.6 Å². The molecule has 0 amide bonds. The van der Waals surface area contributed by atoms with Gasteiger partial charge < -0.3 is 10.1 Å². The Morgan fingerprint density at radius 1 is 1.60 bits per heavy atom. The Morgan fingerprint density at radius 3 is 2.53 bits per heavy atom. The van der Waals surface area contributed by atoms with E-state index in [4.69, 9.17) is 5.11 Å². The Hall–Kier alpha value is -1.39. The van der Waals surface area contributed by atoms with Crippen molar-refractivity contribution in [2.75, 3.05) is 0 Å². The van der Waals surface area contributed by atoms with Crippen molar-refractivity contribution in [2.24, 2.45) is 0 Å². The second-order valence-corrected chi connectivity index (χ2v) is 3.47. The Balaban J connectivity index is 3.15. The van der Waals surface area contributed by atoms with Crippen molar-refractivity contribution in [1.29, 1.82) is 0 Å². The van der Waals surface area contributed by atoms with E-state index < -0.39 is 18.1 Å². The van der Waals surface area contributed by atoms with Gasteiger partial charge in [-0.2, -0.15) is 0 Å². The SMILES string of the molecule is CCC(C)c1cc(C(=O)O)c(C(F)F)[nH]1. The Labute approximate surface area is 86.1 Å². The van der Waals surface area contributed by atoms with Crippen LogP contribution in [0.25, 0.3) is 0 Å². The second-order valence-electron chi connectivity index (χ2n) is 3.47. The zero-order valence-electron chi connectivity index (χ0n) is 8.55. The van der Waals surface area contributed by atoms with Gasteiger partial charge in [-0.1, -0.05) is 13.8 Å². The van der Waals surface area contributed by atoms with E-state index in [0.29, 0.717) is 5.69 Å². The molecule has 3 nitrogen and oxygen atoms in total. The maximum absolute atomic E-state index is 12.5. The number of carboxylic acid groups (broad SMARTS) is 1. The average molecular weight is 217 g/mol. The molecule has 0 saturated carbocycles. The van der Waals surface area contributed by atoms with Crippen LogP contribution in [0, 0.1) is 0 Å². The first-order chi connectivity index (χ1) is 6.97. The third-order valence-corrected chi connectivity index (χ3v) is 2.46. The molecule has 1 unspecified atom stereocenters. The fraction of sp³-hybridized carbons (Fsp3) is 0.500. The van der Waals surface area contributed by atoms with E-state index in [2.05, 4.69) is 4.98 Å². The number of hydrogen-bond acceptors (Lipinski definition) is 1. The number of carboxylic acids is 1. The van der Waals surface area contributed by atoms with Gasteiger partial charge in [-0.05, 0) is 18.4 Å². The van der Waals surface area contributed by atoms with Crippen molar-refractivity contribution in [3.63, 3.8) is 0 Å². The highest BCUT2D eigenvalue weighted by Gasteiger charge is 2.22. The Kier molecular flexibility index (Phi) is 3.44. The van der Waals surface area contributed by atoms with Crippen LogP contribution in [0.3, 0.4) is 0 Å². The highest BCUT2D eigenvalue weighted by Crippen LogP contribution is 2.27. The number of aromatic amines is 1. The van der Waals surface area contributed by atoms with Gasteiger partial charge in [0.05, 0.1) is 11.3 Å². The van der Waals surface area contributed by atoms with Crippen LogP contribution in [0.4, 0.5) is 8.78 Å². The van der Waals surface area contributed by atoms with Crippen LogP contribution in [0.2, 0.25) is 0 Å². The lowest BCUT2D eigenvalue weighted by Crippen LogP contribution is -1.99. The maximum Gasteiger partial charge on any atom is 0.337 e. The van der Waals surface area contributed by atoms with E-state index in [0.717, 1.165) is 6.42 Å². The number of H-pyrrole nitrogens is 1.